The van der Waals surface area contributed by atoms with Crippen molar-refractivity contribution < 1.29 is 0 Å². The molecule has 1 atom stereocenters. The van der Waals surface area contributed by atoms with Gasteiger partial charge >= 0.3 is 0 Å². The van der Waals surface area contributed by atoms with Crippen molar-refractivity contribution in [2.45, 2.75) is 52.9 Å². The first-order valence-corrected chi connectivity index (χ1v) is 10.3. The molecule has 0 radical (unpaired) electrons. The lowest BCUT2D eigenvalue weighted by atomic mass is 9.99. The fourth-order valence-corrected chi connectivity index (χ4v) is 5.20. The fraction of sp³-hybridized carbons (Fsp3) is 0.400. The zero-order valence-corrected chi connectivity index (χ0v) is 16.4. The van der Waals surface area contributed by atoms with Crippen LogP contribution in [0, 0.1) is 0 Å². The number of aryl methyl sites for hydroxylation is 2. The van der Waals surface area contributed by atoms with Crippen molar-refractivity contribution in [2.75, 3.05) is 0 Å². The summed E-state index contributed by atoms with van der Waals surface area (Å²) >= 11 is 6.71. The van der Waals surface area contributed by atoms with E-state index in [0.29, 0.717) is 5.92 Å². The van der Waals surface area contributed by atoms with E-state index in [1.54, 1.807) is 0 Å². The molecule has 118 valence electrons. The number of hydrogen-bond acceptors (Lipinski definition) is 0. The Labute approximate surface area is 142 Å². The molecule has 0 aliphatic heterocycles. The summed E-state index contributed by atoms with van der Waals surface area (Å²) in [5.41, 5.74) is 4.23. The van der Waals surface area contributed by atoms with Crippen molar-refractivity contribution in [1.82, 2.24) is 0 Å². The number of rotatable bonds is 6. The molecule has 0 aromatic heterocycles. The standard InChI is InChI=1S/C20H27ClSi/c1-5-14(4)18-9-8-10-19(20(18)21)22-17-12-15(6-2)11-16(7-3)13-17/h8-14H,5-7,22H2,1-4H3. The van der Waals surface area contributed by atoms with E-state index in [1.165, 1.54) is 27.1 Å². The van der Waals surface area contributed by atoms with Crippen LogP contribution in [0.2, 0.25) is 5.02 Å². The van der Waals surface area contributed by atoms with Gasteiger partial charge in [-0.1, -0.05) is 80.9 Å². The van der Waals surface area contributed by atoms with Crippen LogP contribution in [0.4, 0.5) is 0 Å². The summed E-state index contributed by atoms with van der Waals surface area (Å²) in [6.45, 7) is 8.95. The second-order valence-electron chi connectivity index (χ2n) is 6.17. The molecule has 0 spiro atoms. The molecule has 1 unspecified atom stereocenters. The highest BCUT2D eigenvalue weighted by Crippen LogP contribution is 2.24. The summed E-state index contributed by atoms with van der Waals surface area (Å²) < 4.78 is 0. The maximum atomic E-state index is 6.71. The maximum absolute atomic E-state index is 6.71. The van der Waals surface area contributed by atoms with Gasteiger partial charge in [-0.25, -0.2) is 0 Å². The van der Waals surface area contributed by atoms with E-state index >= 15 is 0 Å². The average Bonchev–Trinajstić information content (AvgIpc) is 2.55. The molecule has 2 aromatic carbocycles. The van der Waals surface area contributed by atoms with E-state index in [9.17, 15) is 0 Å². The normalized spacial score (nSPS) is 13.0. The summed E-state index contributed by atoms with van der Waals surface area (Å²) in [4.78, 5) is 0. The van der Waals surface area contributed by atoms with Gasteiger partial charge in [-0.3, -0.25) is 0 Å². The molecule has 0 saturated carbocycles. The minimum absolute atomic E-state index is 0.517. The first-order valence-electron chi connectivity index (χ1n) is 8.47. The topological polar surface area (TPSA) is 0 Å². The third-order valence-corrected chi connectivity index (χ3v) is 7.05. The van der Waals surface area contributed by atoms with Crippen molar-refractivity contribution in [2.24, 2.45) is 0 Å². The summed E-state index contributed by atoms with van der Waals surface area (Å²) in [6.07, 6.45) is 3.35. The number of benzene rings is 2. The molecule has 22 heavy (non-hydrogen) atoms. The molecule has 0 aliphatic carbocycles. The molecule has 0 heterocycles. The molecule has 0 nitrogen and oxygen atoms in total. The molecule has 0 fully saturated rings. The summed E-state index contributed by atoms with van der Waals surface area (Å²) in [5.74, 6) is 0.537. The van der Waals surface area contributed by atoms with Gasteiger partial charge in [0.25, 0.3) is 0 Å². The SMILES string of the molecule is CCc1cc(CC)cc([SiH2]c2cccc(C(C)CC)c2Cl)c1. The first-order chi connectivity index (χ1) is 10.6. The minimum Gasteiger partial charge on any atom is -0.0842 e. The van der Waals surface area contributed by atoms with Crippen LogP contribution in [-0.4, -0.2) is 9.52 Å². The summed E-state index contributed by atoms with van der Waals surface area (Å²) in [5, 5.41) is 3.91. The van der Waals surface area contributed by atoms with Gasteiger partial charge in [0, 0.05) is 5.02 Å². The second kappa shape index (κ2) is 7.98. The predicted molar refractivity (Wildman–Crippen MR) is 103 cm³/mol. The first kappa shape index (κ1) is 17.3. The molecule has 0 aliphatic rings. The molecule has 2 aromatic rings. The van der Waals surface area contributed by atoms with Crippen LogP contribution in [0.25, 0.3) is 0 Å². The molecule has 2 heteroatoms. The van der Waals surface area contributed by atoms with Gasteiger partial charge in [0.2, 0.25) is 0 Å². The van der Waals surface area contributed by atoms with Crippen molar-refractivity contribution in [3.63, 3.8) is 0 Å². The Kier molecular flexibility index (Phi) is 6.28. The van der Waals surface area contributed by atoms with E-state index in [0.717, 1.165) is 24.3 Å². The van der Waals surface area contributed by atoms with Crippen LogP contribution in [0.3, 0.4) is 0 Å². The van der Waals surface area contributed by atoms with Gasteiger partial charge in [0.1, 0.15) is 0 Å². The molecule has 0 amide bonds. The van der Waals surface area contributed by atoms with E-state index < -0.39 is 9.52 Å². The van der Waals surface area contributed by atoms with E-state index in [4.69, 9.17) is 11.6 Å². The third kappa shape index (κ3) is 4.02. The Bertz CT molecular complexity index is 611. The smallest absolute Gasteiger partial charge is 0.0842 e. The monoisotopic (exact) mass is 330 g/mol. The lowest BCUT2D eigenvalue weighted by molar-refractivity contribution is 0.734. The highest BCUT2D eigenvalue weighted by molar-refractivity contribution is 6.70. The van der Waals surface area contributed by atoms with Crippen molar-refractivity contribution in [1.29, 1.82) is 0 Å². The van der Waals surface area contributed by atoms with Crippen LogP contribution in [0.15, 0.2) is 36.4 Å². The van der Waals surface area contributed by atoms with E-state index in [-0.39, 0.29) is 0 Å². The minimum atomic E-state index is -0.517. The molecule has 0 bridgehead atoms. The Hall–Kier alpha value is -1.05. The van der Waals surface area contributed by atoms with E-state index in [2.05, 4.69) is 64.1 Å². The van der Waals surface area contributed by atoms with Gasteiger partial charge in [-0.15, -0.1) is 0 Å². The van der Waals surface area contributed by atoms with Gasteiger partial charge in [0.05, 0.1) is 9.52 Å². The van der Waals surface area contributed by atoms with Gasteiger partial charge in [-0.05, 0) is 47.1 Å². The Balaban J connectivity index is 2.35. The Morgan fingerprint density at radius 3 is 2.18 bits per heavy atom. The number of halogens is 1. The molecule has 0 saturated heterocycles. The molecule has 2 rings (SSSR count). The zero-order valence-electron chi connectivity index (χ0n) is 14.2. The lowest BCUT2D eigenvalue weighted by Crippen LogP contribution is -2.29. The van der Waals surface area contributed by atoms with Crippen LogP contribution in [0.1, 0.15) is 56.7 Å². The van der Waals surface area contributed by atoms with Crippen molar-refractivity contribution >= 4 is 31.5 Å². The second-order valence-corrected chi connectivity index (χ2v) is 8.48. The molecule has 0 N–H and O–H groups in total. The Morgan fingerprint density at radius 2 is 1.64 bits per heavy atom. The molecular weight excluding hydrogens is 304 g/mol. The summed E-state index contributed by atoms with van der Waals surface area (Å²) in [6, 6.07) is 13.7. The quantitative estimate of drug-likeness (QED) is 0.700. The zero-order chi connectivity index (χ0) is 16.1. The van der Waals surface area contributed by atoms with E-state index in [1.807, 2.05) is 0 Å². The lowest BCUT2D eigenvalue weighted by Gasteiger charge is -2.15. The van der Waals surface area contributed by atoms with Gasteiger partial charge < -0.3 is 0 Å². The highest BCUT2D eigenvalue weighted by Gasteiger charge is 2.12. The van der Waals surface area contributed by atoms with Gasteiger partial charge in [-0.2, -0.15) is 0 Å². The molecular formula is C20H27ClSi. The van der Waals surface area contributed by atoms with Crippen LogP contribution < -0.4 is 10.4 Å². The summed E-state index contributed by atoms with van der Waals surface area (Å²) in [7, 11) is -0.517. The largest absolute Gasteiger partial charge is 0.0894 e. The third-order valence-electron chi connectivity index (χ3n) is 4.58. The van der Waals surface area contributed by atoms with Crippen LogP contribution in [0.5, 0.6) is 0 Å². The highest BCUT2D eigenvalue weighted by atomic mass is 35.5. The average molecular weight is 331 g/mol. The number of hydrogen-bond donors (Lipinski definition) is 0. The van der Waals surface area contributed by atoms with Gasteiger partial charge in [0.15, 0.2) is 0 Å². The van der Waals surface area contributed by atoms with Crippen molar-refractivity contribution in [3.05, 3.63) is 58.1 Å². The predicted octanol–water partition coefficient (Wildman–Crippen LogP) is 4.10. The fourth-order valence-electron chi connectivity index (χ4n) is 2.91. The maximum Gasteiger partial charge on any atom is 0.0894 e. The van der Waals surface area contributed by atoms with Crippen molar-refractivity contribution in [3.8, 4) is 0 Å². The van der Waals surface area contributed by atoms with Crippen LogP contribution >= 0.6 is 11.6 Å². The Morgan fingerprint density at radius 1 is 1.00 bits per heavy atom. The van der Waals surface area contributed by atoms with Crippen LogP contribution in [-0.2, 0) is 12.8 Å².